The van der Waals surface area contributed by atoms with Crippen molar-refractivity contribution in [3.63, 3.8) is 0 Å². The van der Waals surface area contributed by atoms with Crippen molar-refractivity contribution in [2.75, 3.05) is 13.6 Å². The van der Waals surface area contributed by atoms with Crippen LogP contribution in [-0.4, -0.2) is 26.3 Å². The standard InChI is InChI=1S/C13H19ClN2O2S/c1-9-5-11(9)8-16(2)19(17,18)13-6-10(7-15)3-4-12(13)14/h3-4,6,9,11H,5,7-8,15H2,1-2H3. The van der Waals surface area contributed by atoms with Gasteiger partial charge in [0.25, 0.3) is 0 Å². The molecule has 0 bridgehead atoms. The highest BCUT2D eigenvalue weighted by atomic mass is 35.5. The van der Waals surface area contributed by atoms with E-state index in [-0.39, 0.29) is 9.92 Å². The van der Waals surface area contributed by atoms with Crippen molar-refractivity contribution in [2.24, 2.45) is 17.6 Å². The van der Waals surface area contributed by atoms with Gasteiger partial charge in [0.05, 0.1) is 5.02 Å². The first kappa shape index (κ1) is 14.8. The van der Waals surface area contributed by atoms with Crippen molar-refractivity contribution in [3.05, 3.63) is 28.8 Å². The second-order valence-corrected chi connectivity index (χ2v) is 7.65. The first-order valence-corrected chi connectivity index (χ1v) is 8.13. The van der Waals surface area contributed by atoms with Crippen molar-refractivity contribution in [2.45, 2.75) is 24.8 Å². The maximum atomic E-state index is 12.5. The summed E-state index contributed by atoms with van der Waals surface area (Å²) < 4.78 is 26.4. The van der Waals surface area contributed by atoms with Crippen LogP contribution in [0, 0.1) is 11.8 Å². The van der Waals surface area contributed by atoms with Gasteiger partial charge in [-0.15, -0.1) is 0 Å². The quantitative estimate of drug-likeness (QED) is 0.905. The third-order valence-electron chi connectivity index (χ3n) is 3.69. The van der Waals surface area contributed by atoms with Crippen LogP contribution in [0.25, 0.3) is 0 Å². The lowest BCUT2D eigenvalue weighted by atomic mass is 10.2. The maximum absolute atomic E-state index is 12.5. The fourth-order valence-electron chi connectivity index (χ4n) is 2.12. The predicted molar refractivity (Wildman–Crippen MR) is 76.4 cm³/mol. The van der Waals surface area contributed by atoms with E-state index >= 15 is 0 Å². The van der Waals surface area contributed by atoms with Gasteiger partial charge in [-0.25, -0.2) is 12.7 Å². The van der Waals surface area contributed by atoms with E-state index in [1.54, 1.807) is 25.2 Å². The Balaban J connectivity index is 2.27. The average molecular weight is 303 g/mol. The topological polar surface area (TPSA) is 63.4 Å². The summed E-state index contributed by atoms with van der Waals surface area (Å²) in [5.74, 6) is 1.08. The lowest BCUT2D eigenvalue weighted by Gasteiger charge is -2.18. The number of halogens is 1. The zero-order valence-electron chi connectivity index (χ0n) is 11.1. The first-order chi connectivity index (χ1) is 8.86. The number of hydrogen-bond donors (Lipinski definition) is 1. The normalized spacial score (nSPS) is 22.8. The molecule has 1 fully saturated rings. The molecule has 1 aromatic rings. The molecule has 19 heavy (non-hydrogen) atoms. The van der Waals surface area contributed by atoms with Gasteiger partial charge in [0, 0.05) is 20.1 Å². The molecule has 2 rings (SSSR count). The van der Waals surface area contributed by atoms with Gasteiger partial charge < -0.3 is 5.73 Å². The number of rotatable bonds is 5. The molecule has 2 atom stereocenters. The molecule has 2 N–H and O–H groups in total. The van der Waals surface area contributed by atoms with Gasteiger partial charge >= 0.3 is 0 Å². The van der Waals surface area contributed by atoms with Gasteiger partial charge in [0.2, 0.25) is 10.0 Å². The molecule has 1 aliphatic rings. The average Bonchev–Trinajstić information content (AvgIpc) is 3.05. The molecule has 0 radical (unpaired) electrons. The molecule has 1 aromatic carbocycles. The Bertz CT molecular complexity index is 574. The van der Waals surface area contributed by atoms with Crippen LogP contribution in [0.4, 0.5) is 0 Å². The Kier molecular flexibility index (Phi) is 4.20. The van der Waals surface area contributed by atoms with Crippen LogP contribution in [0.2, 0.25) is 5.02 Å². The fourth-order valence-corrected chi connectivity index (χ4v) is 3.87. The van der Waals surface area contributed by atoms with Crippen molar-refractivity contribution >= 4 is 21.6 Å². The van der Waals surface area contributed by atoms with Crippen LogP contribution in [0.3, 0.4) is 0 Å². The molecule has 0 spiro atoms. The van der Waals surface area contributed by atoms with E-state index in [9.17, 15) is 8.42 Å². The molecule has 0 saturated heterocycles. The molecule has 0 aliphatic heterocycles. The van der Waals surface area contributed by atoms with Gasteiger partial charge in [-0.3, -0.25) is 0 Å². The molecule has 2 unspecified atom stereocenters. The van der Waals surface area contributed by atoms with Crippen LogP contribution >= 0.6 is 11.6 Å². The van der Waals surface area contributed by atoms with Gasteiger partial charge in [-0.1, -0.05) is 24.6 Å². The smallest absolute Gasteiger partial charge is 0.244 e. The highest BCUT2D eigenvalue weighted by molar-refractivity contribution is 7.89. The Morgan fingerprint density at radius 2 is 2.11 bits per heavy atom. The Morgan fingerprint density at radius 3 is 2.63 bits per heavy atom. The summed E-state index contributed by atoms with van der Waals surface area (Å²) in [4.78, 5) is 0.146. The lowest BCUT2D eigenvalue weighted by molar-refractivity contribution is 0.444. The maximum Gasteiger partial charge on any atom is 0.244 e. The van der Waals surface area contributed by atoms with Crippen LogP contribution in [-0.2, 0) is 16.6 Å². The van der Waals surface area contributed by atoms with Crippen molar-refractivity contribution in [1.29, 1.82) is 0 Å². The van der Waals surface area contributed by atoms with Crippen LogP contribution in [0.5, 0.6) is 0 Å². The molecule has 0 amide bonds. The Morgan fingerprint density at radius 1 is 1.47 bits per heavy atom. The van der Waals surface area contributed by atoms with Gasteiger partial charge in [0.1, 0.15) is 4.90 Å². The largest absolute Gasteiger partial charge is 0.326 e. The van der Waals surface area contributed by atoms with Crippen LogP contribution in [0.1, 0.15) is 18.9 Å². The molecule has 1 saturated carbocycles. The summed E-state index contributed by atoms with van der Waals surface area (Å²) in [5, 5.41) is 0.243. The fraction of sp³-hybridized carbons (Fsp3) is 0.538. The van der Waals surface area contributed by atoms with Crippen LogP contribution in [0.15, 0.2) is 23.1 Å². The van der Waals surface area contributed by atoms with E-state index in [2.05, 4.69) is 6.92 Å². The van der Waals surface area contributed by atoms with Crippen molar-refractivity contribution < 1.29 is 8.42 Å². The second kappa shape index (κ2) is 5.40. The summed E-state index contributed by atoms with van der Waals surface area (Å²) in [6.07, 6.45) is 1.09. The molecular weight excluding hydrogens is 284 g/mol. The molecule has 6 heteroatoms. The lowest BCUT2D eigenvalue weighted by Crippen LogP contribution is -2.29. The van der Waals surface area contributed by atoms with E-state index in [4.69, 9.17) is 17.3 Å². The summed E-state index contributed by atoms with van der Waals surface area (Å²) in [6.45, 7) is 2.98. The highest BCUT2D eigenvalue weighted by Gasteiger charge is 2.36. The van der Waals surface area contributed by atoms with Crippen LogP contribution < -0.4 is 5.73 Å². The van der Waals surface area contributed by atoms with E-state index in [1.165, 1.54) is 4.31 Å². The van der Waals surface area contributed by atoms with Gasteiger partial charge in [-0.05, 0) is 36.0 Å². The zero-order valence-corrected chi connectivity index (χ0v) is 12.7. The molecule has 0 aromatic heterocycles. The molecule has 106 valence electrons. The van der Waals surface area contributed by atoms with E-state index in [0.29, 0.717) is 24.9 Å². The Labute approximate surface area is 119 Å². The summed E-state index contributed by atoms with van der Waals surface area (Å²) in [5.41, 5.74) is 6.31. The molecule has 4 nitrogen and oxygen atoms in total. The highest BCUT2D eigenvalue weighted by Crippen LogP contribution is 2.39. The first-order valence-electron chi connectivity index (χ1n) is 6.31. The van der Waals surface area contributed by atoms with Crippen molar-refractivity contribution in [1.82, 2.24) is 4.31 Å². The summed E-state index contributed by atoms with van der Waals surface area (Å²) in [7, 11) is -1.93. The number of hydrogen-bond acceptors (Lipinski definition) is 3. The second-order valence-electron chi connectivity index (χ2n) is 5.23. The van der Waals surface area contributed by atoms with Gasteiger partial charge in [-0.2, -0.15) is 0 Å². The molecule has 0 heterocycles. The third-order valence-corrected chi connectivity index (χ3v) is 5.99. The van der Waals surface area contributed by atoms with E-state index in [1.807, 2.05) is 0 Å². The predicted octanol–water partition coefficient (Wildman–Crippen LogP) is 2.08. The minimum atomic E-state index is -3.53. The van der Waals surface area contributed by atoms with Crippen molar-refractivity contribution in [3.8, 4) is 0 Å². The van der Waals surface area contributed by atoms with E-state index < -0.39 is 10.0 Å². The minimum absolute atomic E-state index is 0.146. The number of benzene rings is 1. The molecular formula is C13H19ClN2O2S. The van der Waals surface area contributed by atoms with E-state index in [0.717, 1.165) is 12.0 Å². The third kappa shape index (κ3) is 3.11. The van der Waals surface area contributed by atoms with Gasteiger partial charge in [0.15, 0.2) is 0 Å². The summed E-state index contributed by atoms with van der Waals surface area (Å²) in [6, 6.07) is 4.89. The number of nitrogens with two attached hydrogens (primary N) is 1. The Hall–Kier alpha value is -0.620. The molecule has 1 aliphatic carbocycles. The number of sulfonamides is 1. The number of nitrogens with zero attached hydrogens (tertiary/aromatic N) is 1. The zero-order chi connectivity index (χ0) is 14.2. The minimum Gasteiger partial charge on any atom is -0.326 e. The monoisotopic (exact) mass is 302 g/mol. The summed E-state index contributed by atoms with van der Waals surface area (Å²) >= 11 is 6.02. The SMILES string of the molecule is CC1CC1CN(C)S(=O)(=O)c1cc(CN)ccc1Cl.